The van der Waals surface area contributed by atoms with E-state index < -0.39 is 10.2 Å². The molecule has 1 aliphatic carbocycles. The molecule has 150 valence electrons. The quantitative estimate of drug-likeness (QED) is 0.528. The van der Waals surface area contributed by atoms with Crippen molar-refractivity contribution in [1.29, 1.82) is 0 Å². The van der Waals surface area contributed by atoms with E-state index in [2.05, 4.69) is 23.6 Å². The Bertz CT molecular complexity index is 942. The molecule has 0 N–H and O–H groups in total. The Kier molecular flexibility index (Phi) is 6.60. The highest BCUT2D eigenvalue weighted by atomic mass is 35.7. The lowest BCUT2D eigenvalue weighted by Crippen LogP contribution is -2.68. The summed E-state index contributed by atoms with van der Waals surface area (Å²) in [7, 11) is -4.94. The second-order valence-corrected chi connectivity index (χ2v) is 8.05. The normalized spacial score (nSPS) is 14.6. The number of hydrogen-bond acceptors (Lipinski definition) is 5. The Balaban J connectivity index is 0.000000403. The van der Waals surface area contributed by atoms with Crippen LogP contribution in [0.2, 0.25) is 5.02 Å². The number of oxazole rings is 1. The molecule has 0 saturated carbocycles. The van der Waals surface area contributed by atoms with Crippen LogP contribution in [0.25, 0.3) is 17.0 Å². The van der Waals surface area contributed by atoms with Gasteiger partial charge in [0.15, 0.2) is 5.69 Å². The third-order valence-electron chi connectivity index (χ3n) is 4.87. The predicted molar refractivity (Wildman–Crippen MR) is 92.9 cm³/mol. The molecule has 0 bridgehead atoms. The molecule has 0 aliphatic heterocycles. The molecule has 2 heterocycles. The van der Waals surface area contributed by atoms with Crippen molar-refractivity contribution < 1.29 is 37.7 Å². The fourth-order valence-electron chi connectivity index (χ4n) is 3.63. The maximum Gasteiger partial charge on any atom is 0.379 e. The van der Waals surface area contributed by atoms with Crippen molar-refractivity contribution in [2.75, 3.05) is 0 Å². The minimum absolute atomic E-state index is 0.749. The average molecular weight is 426 g/mol. The zero-order valence-corrected chi connectivity index (χ0v) is 17.0. The summed E-state index contributed by atoms with van der Waals surface area (Å²) in [6, 6.07) is 10.0. The summed E-state index contributed by atoms with van der Waals surface area (Å²) in [6.45, 7) is 2.21. The van der Waals surface area contributed by atoms with Gasteiger partial charge >= 0.3 is 5.71 Å². The largest absolute Gasteiger partial charge is 0.398 e. The lowest BCUT2D eigenvalue weighted by atomic mass is 9.94. The molecular formula is C20H21Cl2NO5. The van der Waals surface area contributed by atoms with Gasteiger partial charge in [-0.25, -0.2) is 18.6 Å². The van der Waals surface area contributed by atoms with Crippen LogP contribution >= 0.6 is 11.6 Å². The van der Waals surface area contributed by atoms with Crippen LogP contribution in [0.15, 0.2) is 40.9 Å². The number of benzene rings is 1. The van der Waals surface area contributed by atoms with Crippen molar-refractivity contribution in [2.45, 2.75) is 45.4 Å². The van der Waals surface area contributed by atoms with Gasteiger partial charge in [-0.15, -0.1) is 14.6 Å². The van der Waals surface area contributed by atoms with E-state index in [9.17, 15) is 0 Å². The number of fused-ring (bicyclic) bond motifs is 3. The van der Waals surface area contributed by atoms with Gasteiger partial charge in [0.25, 0.3) is 0 Å². The van der Waals surface area contributed by atoms with Gasteiger partial charge in [-0.05, 0) is 56.0 Å². The van der Waals surface area contributed by atoms with Crippen LogP contribution in [-0.4, -0.2) is 0 Å². The van der Waals surface area contributed by atoms with E-state index in [0.717, 1.165) is 28.5 Å². The van der Waals surface area contributed by atoms with Crippen LogP contribution in [0.1, 0.15) is 42.5 Å². The first-order chi connectivity index (χ1) is 13.2. The van der Waals surface area contributed by atoms with Crippen LogP contribution in [0.4, 0.5) is 0 Å². The van der Waals surface area contributed by atoms with E-state index in [1.807, 2.05) is 24.3 Å². The molecule has 1 aromatic carbocycles. The van der Waals surface area contributed by atoms with Crippen molar-refractivity contribution in [3.05, 3.63) is 58.4 Å². The van der Waals surface area contributed by atoms with E-state index in [4.69, 9.17) is 34.7 Å². The van der Waals surface area contributed by atoms with Gasteiger partial charge in [0.2, 0.25) is 12.0 Å². The maximum atomic E-state index is 8.49. The van der Waals surface area contributed by atoms with Crippen molar-refractivity contribution in [1.82, 2.24) is 0 Å². The van der Waals surface area contributed by atoms with E-state index in [1.54, 1.807) is 0 Å². The van der Waals surface area contributed by atoms with Gasteiger partial charge < -0.3 is 4.42 Å². The number of nitrogens with zero attached hydrogens (tertiary/aromatic N) is 1. The minimum Gasteiger partial charge on any atom is -0.398 e. The summed E-state index contributed by atoms with van der Waals surface area (Å²) >= 11 is 5.99. The van der Waals surface area contributed by atoms with Gasteiger partial charge in [0.1, 0.15) is 0 Å². The molecule has 0 atom stereocenters. The smallest absolute Gasteiger partial charge is 0.379 e. The molecule has 0 fully saturated rings. The number of pyridine rings is 1. The Labute approximate surface area is 170 Å². The van der Waals surface area contributed by atoms with Crippen molar-refractivity contribution in [3.8, 4) is 11.3 Å². The van der Waals surface area contributed by atoms with E-state index in [1.165, 1.54) is 48.9 Å². The summed E-state index contributed by atoms with van der Waals surface area (Å²) in [5.74, 6) is 0.900. The highest BCUT2D eigenvalue weighted by Gasteiger charge is 2.24. The summed E-state index contributed by atoms with van der Waals surface area (Å²) < 4.78 is 42.4. The molecule has 0 amide bonds. The number of rotatable bonds is 1. The molecule has 0 radical (unpaired) electrons. The van der Waals surface area contributed by atoms with Crippen LogP contribution in [-0.2, 0) is 12.8 Å². The molecule has 28 heavy (non-hydrogen) atoms. The van der Waals surface area contributed by atoms with Gasteiger partial charge in [0.05, 0.1) is 6.07 Å². The summed E-state index contributed by atoms with van der Waals surface area (Å²) in [6.07, 6.45) is 9.70. The fraction of sp³-hybridized carbons (Fsp3) is 0.350. The second-order valence-electron chi connectivity index (χ2n) is 6.86. The highest BCUT2D eigenvalue weighted by molar-refractivity contribution is 6.30. The Morgan fingerprint density at radius 3 is 2.21 bits per heavy atom. The summed E-state index contributed by atoms with van der Waals surface area (Å²) in [5, 5.41) is 0.749. The maximum absolute atomic E-state index is 8.49. The van der Waals surface area contributed by atoms with E-state index in [0.29, 0.717) is 0 Å². The SMILES string of the molecule is Cc1cc2oc(-c3ccc(Cl)cc3)c[n+]2c2c1CCCCCC2.[O-][Cl+3]([O-])([O-])[O-]. The van der Waals surface area contributed by atoms with Crippen molar-refractivity contribution in [2.24, 2.45) is 0 Å². The number of hydrogen-bond donors (Lipinski definition) is 0. The number of aryl methyl sites for hydroxylation is 2. The summed E-state index contributed by atoms with van der Waals surface area (Å²) in [4.78, 5) is 0. The number of halogens is 2. The first-order valence-electron chi connectivity index (χ1n) is 9.06. The second kappa shape index (κ2) is 8.78. The van der Waals surface area contributed by atoms with Gasteiger partial charge in [-0.2, -0.15) is 0 Å². The van der Waals surface area contributed by atoms with Crippen LogP contribution in [0.5, 0.6) is 0 Å². The molecule has 2 aromatic heterocycles. The van der Waals surface area contributed by atoms with Crippen LogP contribution in [0, 0.1) is 17.2 Å². The summed E-state index contributed by atoms with van der Waals surface area (Å²) in [5.41, 5.74) is 6.32. The highest BCUT2D eigenvalue weighted by Crippen LogP contribution is 2.26. The zero-order valence-electron chi connectivity index (χ0n) is 15.5. The molecule has 3 aromatic rings. The molecule has 0 saturated heterocycles. The van der Waals surface area contributed by atoms with Gasteiger partial charge in [-0.3, -0.25) is 0 Å². The fourth-order valence-corrected chi connectivity index (χ4v) is 3.76. The molecule has 4 rings (SSSR count). The molecule has 1 aliphatic rings. The third kappa shape index (κ3) is 5.44. The van der Waals surface area contributed by atoms with Crippen molar-refractivity contribution in [3.63, 3.8) is 0 Å². The molecule has 0 unspecified atom stereocenters. The van der Waals surface area contributed by atoms with Crippen LogP contribution < -0.4 is 23.0 Å². The third-order valence-corrected chi connectivity index (χ3v) is 5.12. The lowest BCUT2D eigenvalue weighted by Gasteiger charge is -2.17. The molecule has 0 spiro atoms. The topological polar surface area (TPSA) is 109 Å². The molecular weight excluding hydrogens is 405 g/mol. The van der Waals surface area contributed by atoms with E-state index >= 15 is 0 Å². The average Bonchev–Trinajstić information content (AvgIpc) is 2.97. The minimum atomic E-state index is -4.94. The first kappa shape index (κ1) is 21.0. The number of aromatic nitrogens is 1. The Morgan fingerprint density at radius 2 is 1.57 bits per heavy atom. The van der Waals surface area contributed by atoms with Gasteiger partial charge in [-0.1, -0.05) is 24.4 Å². The van der Waals surface area contributed by atoms with Crippen LogP contribution in [0.3, 0.4) is 0 Å². The monoisotopic (exact) mass is 425 g/mol. The predicted octanol–water partition coefficient (Wildman–Crippen LogP) is 0.550. The lowest BCUT2D eigenvalue weighted by molar-refractivity contribution is -2.00. The first-order valence-corrected chi connectivity index (χ1v) is 10.7. The van der Waals surface area contributed by atoms with E-state index in [-0.39, 0.29) is 0 Å². The molecule has 8 heteroatoms. The zero-order chi connectivity index (χ0) is 20.3. The Morgan fingerprint density at radius 1 is 0.964 bits per heavy atom. The Hall–Kier alpha value is -1.67. The molecule has 6 nitrogen and oxygen atoms in total. The van der Waals surface area contributed by atoms with Crippen molar-refractivity contribution >= 4 is 17.3 Å². The standard InChI is InChI=1S/C20H21ClNO.ClHO4/c1-14-12-20-22(18-7-5-3-2-4-6-17(14)18)13-19(23-20)15-8-10-16(21)11-9-15;2-1(3,4)5/h8-13H,2-7H2,1H3;(H,2,3,4,5)/q+1;/p-1. The van der Waals surface area contributed by atoms with Gasteiger partial charge in [0, 0.05) is 22.6 Å².